The maximum atomic E-state index is 11.8. The number of nitrogens with one attached hydrogen (secondary N) is 1. The van der Waals surface area contributed by atoms with Crippen LogP contribution in [0.2, 0.25) is 0 Å². The van der Waals surface area contributed by atoms with Crippen molar-refractivity contribution in [1.29, 1.82) is 0 Å². The van der Waals surface area contributed by atoms with E-state index in [-0.39, 0.29) is 17.2 Å². The van der Waals surface area contributed by atoms with Crippen molar-refractivity contribution in [2.45, 2.75) is 19.9 Å². The van der Waals surface area contributed by atoms with Gasteiger partial charge in [0.15, 0.2) is 0 Å². The minimum Gasteiger partial charge on any atom is -0.505 e. The van der Waals surface area contributed by atoms with Gasteiger partial charge >= 0.3 is 0 Å². The molecule has 0 saturated heterocycles. The van der Waals surface area contributed by atoms with E-state index in [1.165, 1.54) is 23.3 Å². The van der Waals surface area contributed by atoms with Crippen LogP contribution in [0, 0.1) is 0 Å². The molecule has 0 aromatic carbocycles. The Morgan fingerprint density at radius 2 is 2.17 bits per heavy atom. The molecular formula is C13H14N2O2S. The fourth-order valence-electron chi connectivity index (χ4n) is 1.55. The lowest BCUT2D eigenvalue weighted by atomic mass is 10.2. The predicted octanol–water partition coefficient (Wildman–Crippen LogP) is 2.34. The van der Waals surface area contributed by atoms with Gasteiger partial charge in [-0.1, -0.05) is 6.92 Å². The fourth-order valence-corrected chi connectivity index (χ4v) is 2.45. The number of aromatic nitrogens is 1. The predicted molar refractivity (Wildman–Crippen MR) is 70.8 cm³/mol. The SMILES string of the molecule is CCc1ccc(CNC(=O)c2ccncc2O)s1. The van der Waals surface area contributed by atoms with E-state index < -0.39 is 0 Å². The molecule has 4 nitrogen and oxygen atoms in total. The molecule has 2 heterocycles. The number of amides is 1. The van der Waals surface area contributed by atoms with Crippen molar-refractivity contribution < 1.29 is 9.90 Å². The van der Waals surface area contributed by atoms with Gasteiger partial charge in [0, 0.05) is 16.0 Å². The van der Waals surface area contributed by atoms with E-state index in [1.807, 2.05) is 6.07 Å². The van der Waals surface area contributed by atoms with Gasteiger partial charge in [-0.3, -0.25) is 9.78 Å². The van der Waals surface area contributed by atoms with E-state index in [9.17, 15) is 9.90 Å². The molecule has 5 heteroatoms. The topological polar surface area (TPSA) is 62.2 Å². The first-order valence-corrected chi connectivity index (χ1v) is 6.51. The minimum absolute atomic E-state index is 0.101. The average Bonchev–Trinajstić information content (AvgIpc) is 2.84. The number of rotatable bonds is 4. The number of aromatic hydroxyl groups is 1. The number of carbonyl (C=O) groups is 1. The summed E-state index contributed by atoms with van der Waals surface area (Å²) in [7, 11) is 0. The Hall–Kier alpha value is -1.88. The van der Waals surface area contributed by atoms with Gasteiger partial charge < -0.3 is 10.4 Å². The molecule has 0 atom stereocenters. The highest BCUT2D eigenvalue weighted by molar-refractivity contribution is 7.11. The zero-order valence-electron chi connectivity index (χ0n) is 10.0. The van der Waals surface area contributed by atoms with Gasteiger partial charge in [0.2, 0.25) is 0 Å². The molecule has 0 saturated carbocycles. The van der Waals surface area contributed by atoms with Crippen LogP contribution in [0.3, 0.4) is 0 Å². The van der Waals surface area contributed by atoms with Crippen LogP contribution >= 0.6 is 11.3 Å². The summed E-state index contributed by atoms with van der Waals surface area (Å²) < 4.78 is 0. The first kappa shape index (κ1) is 12.6. The maximum absolute atomic E-state index is 11.8. The molecule has 94 valence electrons. The maximum Gasteiger partial charge on any atom is 0.255 e. The third-order valence-electron chi connectivity index (χ3n) is 2.53. The fraction of sp³-hybridized carbons (Fsp3) is 0.231. The van der Waals surface area contributed by atoms with Crippen LogP contribution in [0.25, 0.3) is 0 Å². The smallest absolute Gasteiger partial charge is 0.255 e. The van der Waals surface area contributed by atoms with Gasteiger partial charge in [0.05, 0.1) is 18.3 Å². The number of hydrogen-bond acceptors (Lipinski definition) is 4. The van der Waals surface area contributed by atoms with Crippen molar-refractivity contribution in [2.75, 3.05) is 0 Å². The molecule has 18 heavy (non-hydrogen) atoms. The summed E-state index contributed by atoms with van der Waals surface area (Å²) >= 11 is 1.68. The monoisotopic (exact) mass is 262 g/mol. The van der Waals surface area contributed by atoms with Crippen LogP contribution in [-0.2, 0) is 13.0 Å². The van der Waals surface area contributed by atoms with Crippen molar-refractivity contribution in [2.24, 2.45) is 0 Å². The third kappa shape index (κ3) is 2.87. The van der Waals surface area contributed by atoms with Crippen LogP contribution < -0.4 is 5.32 Å². The first-order chi connectivity index (χ1) is 8.70. The molecular weight excluding hydrogens is 248 g/mol. The van der Waals surface area contributed by atoms with Crippen LogP contribution in [-0.4, -0.2) is 16.0 Å². The zero-order valence-corrected chi connectivity index (χ0v) is 10.8. The normalized spacial score (nSPS) is 10.3. The Labute approximate surface area is 109 Å². The number of aryl methyl sites for hydroxylation is 1. The average molecular weight is 262 g/mol. The van der Waals surface area contributed by atoms with Crippen LogP contribution in [0.15, 0.2) is 30.6 Å². The van der Waals surface area contributed by atoms with Crippen molar-refractivity contribution >= 4 is 17.2 Å². The van der Waals surface area contributed by atoms with E-state index in [0.717, 1.165) is 11.3 Å². The number of nitrogens with zero attached hydrogens (tertiary/aromatic N) is 1. The van der Waals surface area contributed by atoms with Gasteiger partial charge in [-0.25, -0.2) is 0 Å². The number of carbonyl (C=O) groups excluding carboxylic acids is 1. The Balaban J connectivity index is 1.98. The molecule has 0 aliphatic carbocycles. The largest absolute Gasteiger partial charge is 0.505 e. The standard InChI is InChI=1S/C13H14N2O2S/c1-2-9-3-4-10(18-9)7-15-13(17)11-5-6-14-8-12(11)16/h3-6,8,16H,2,7H2,1H3,(H,15,17). The molecule has 0 fully saturated rings. The summed E-state index contributed by atoms with van der Waals surface area (Å²) in [5.74, 6) is -0.392. The second-order valence-electron chi connectivity index (χ2n) is 3.80. The Kier molecular flexibility index (Phi) is 3.94. The summed E-state index contributed by atoms with van der Waals surface area (Å²) in [6.45, 7) is 2.58. The molecule has 0 aliphatic heterocycles. The van der Waals surface area contributed by atoms with E-state index in [2.05, 4.69) is 23.3 Å². The van der Waals surface area contributed by atoms with Crippen LogP contribution in [0.4, 0.5) is 0 Å². The molecule has 0 aliphatic rings. The Morgan fingerprint density at radius 3 is 2.83 bits per heavy atom. The van der Waals surface area contributed by atoms with Crippen LogP contribution in [0.1, 0.15) is 27.0 Å². The molecule has 0 bridgehead atoms. The van der Waals surface area contributed by atoms with Gasteiger partial charge in [0.1, 0.15) is 5.75 Å². The van der Waals surface area contributed by atoms with Gasteiger partial charge in [-0.15, -0.1) is 11.3 Å². The summed E-state index contributed by atoms with van der Waals surface area (Å²) in [6.07, 6.45) is 3.74. The lowest BCUT2D eigenvalue weighted by molar-refractivity contribution is 0.0948. The molecule has 0 spiro atoms. The van der Waals surface area contributed by atoms with E-state index in [0.29, 0.717) is 6.54 Å². The van der Waals surface area contributed by atoms with Gasteiger partial charge in [-0.2, -0.15) is 0 Å². The molecule has 2 aromatic heterocycles. The quantitative estimate of drug-likeness (QED) is 0.889. The van der Waals surface area contributed by atoms with Gasteiger partial charge in [-0.05, 0) is 24.6 Å². The Bertz CT molecular complexity index is 551. The highest BCUT2D eigenvalue weighted by Gasteiger charge is 2.10. The highest BCUT2D eigenvalue weighted by atomic mass is 32.1. The first-order valence-electron chi connectivity index (χ1n) is 5.69. The second kappa shape index (κ2) is 5.64. The molecule has 0 radical (unpaired) electrons. The molecule has 2 rings (SSSR count). The number of pyridine rings is 1. The van der Waals surface area contributed by atoms with Crippen molar-refractivity contribution in [3.8, 4) is 5.75 Å². The van der Waals surface area contributed by atoms with Crippen molar-refractivity contribution in [3.63, 3.8) is 0 Å². The molecule has 0 unspecified atom stereocenters. The Morgan fingerprint density at radius 1 is 1.39 bits per heavy atom. The molecule has 2 N–H and O–H groups in total. The summed E-state index contributed by atoms with van der Waals surface area (Å²) in [5, 5.41) is 12.3. The molecule has 1 amide bonds. The lowest BCUT2D eigenvalue weighted by Crippen LogP contribution is -2.22. The minimum atomic E-state index is -0.290. The summed E-state index contributed by atoms with van der Waals surface area (Å²) in [6, 6.07) is 5.57. The number of thiophene rings is 1. The van der Waals surface area contributed by atoms with E-state index in [1.54, 1.807) is 11.3 Å². The van der Waals surface area contributed by atoms with E-state index >= 15 is 0 Å². The zero-order chi connectivity index (χ0) is 13.0. The summed E-state index contributed by atoms with van der Waals surface area (Å²) in [4.78, 5) is 18.0. The molecule has 2 aromatic rings. The second-order valence-corrected chi connectivity index (χ2v) is 5.05. The third-order valence-corrected chi connectivity index (χ3v) is 3.76. The van der Waals surface area contributed by atoms with Gasteiger partial charge in [0.25, 0.3) is 5.91 Å². The summed E-state index contributed by atoms with van der Waals surface area (Å²) in [5.41, 5.74) is 0.247. The van der Waals surface area contributed by atoms with Crippen molar-refractivity contribution in [3.05, 3.63) is 45.9 Å². The highest BCUT2D eigenvalue weighted by Crippen LogP contribution is 2.17. The van der Waals surface area contributed by atoms with Crippen LogP contribution in [0.5, 0.6) is 5.75 Å². The van der Waals surface area contributed by atoms with E-state index in [4.69, 9.17) is 0 Å². The number of hydrogen-bond donors (Lipinski definition) is 2. The van der Waals surface area contributed by atoms with Crippen molar-refractivity contribution in [1.82, 2.24) is 10.3 Å². The lowest BCUT2D eigenvalue weighted by Gasteiger charge is -2.04.